The van der Waals surface area contributed by atoms with Crippen LogP contribution in [-0.2, 0) is 4.74 Å². The van der Waals surface area contributed by atoms with Crippen LogP contribution < -0.4 is 5.73 Å². The zero-order valence-electron chi connectivity index (χ0n) is 10.4. The predicted octanol–water partition coefficient (Wildman–Crippen LogP) is 1.02. The van der Waals surface area contributed by atoms with Gasteiger partial charge in [-0.2, -0.15) is 13.2 Å². The molecule has 1 saturated heterocycles. The van der Waals surface area contributed by atoms with Crippen LogP contribution in [0.25, 0.3) is 0 Å². The van der Waals surface area contributed by atoms with Crippen LogP contribution in [-0.4, -0.2) is 54.0 Å². The van der Waals surface area contributed by atoms with Crippen LogP contribution in [0.1, 0.15) is 13.8 Å². The number of rotatable bonds is 3. The number of alkyl halides is 3. The molecule has 106 valence electrons. The highest BCUT2D eigenvalue weighted by Gasteiger charge is 2.46. The number of nitrogens with two attached hydrogens (primary N) is 1. The molecule has 1 unspecified atom stereocenters. The molecule has 0 bridgehead atoms. The van der Waals surface area contributed by atoms with Gasteiger partial charge in [-0.3, -0.25) is 4.90 Å². The Balaban J connectivity index is 2.83. The van der Waals surface area contributed by atoms with Gasteiger partial charge >= 0.3 is 6.18 Å². The standard InChI is InChI=1S/C10H18F3N3O2/c1-9(2)6-18-4-3-16(9)5-7(8(14)15-17)10(11,12)13/h7,17H,3-6H2,1-2H3,(H2,14,15). The maximum Gasteiger partial charge on any atom is 0.400 e. The molecule has 0 spiro atoms. The van der Waals surface area contributed by atoms with E-state index >= 15 is 0 Å². The number of ether oxygens (including phenoxy) is 1. The van der Waals surface area contributed by atoms with E-state index in [1.165, 1.54) is 0 Å². The van der Waals surface area contributed by atoms with Crippen LogP contribution in [0.4, 0.5) is 13.2 Å². The minimum absolute atomic E-state index is 0.338. The van der Waals surface area contributed by atoms with Crippen LogP contribution >= 0.6 is 0 Å². The summed E-state index contributed by atoms with van der Waals surface area (Å²) in [6, 6.07) is 0. The Labute approximate surface area is 103 Å². The van der Waals surface area contributed by atoms with Gasteiger partial charge in [0.2, 0.25) is 0 Å². The van der Waals surface area contributed by atoms with E-state index in [0.717, 1.165) is 0 Å². The molecule has 8 heteroatoms. The summed E-state index contributed by atoms with van der Waals surface area (Å²) in [5.41, 5.74) is 4.63. The number of halogens is 3. The summed E-state index contributed by atoms with van der Waals surface area (Å²) in [6.45, 7) is 4.38. The second kappa shape index (κ2) is 5.31. The summed E-state index contributed by atoms with van der Waals surface area (Å²) >= 11 is 0. The molecule has 1 atom stereocenters. The van der Waals surface area contributed by atoms with E-state index in [-0.39, 0.29) is 6.54 Å². The molecule has 1 heterocycles. The van der Waals surface area contributed by atoms with E-state index in [9.17, 15) is 13.2 Å². The molecule has 1 fully saturated rings. The maximum absolute atomic E-state index is 12.8. The van der Waals surface area contributed by atoms with Gasteiger partial charge < -0.3 is 15.7 Å². The minimum atomic E-state index is -4.54. The fraction of sp³-hybridized carbons (Fsp3) is 0.900. The molecule has 3 N–H and O–H groups in total. The number of oxime groups is 1. The molecule has 0 aromatic carbocycles. The molecule has 1 aliphatic heterocycles. The summed E-state index contributed by atoms with van der Waals surface area (Å²) in [5, 5.41) is 10.9. The van der Waals surface area contributed by atoms with Crippen LogP contribution in [0, 0.1) is 5.92 Å². The van der Waals surface area contributed by atoms with Crippen LogP contribution in [0.15, 0.2) is 5.16 Å². The van der Waals surface area contributed by atoms with E-state index in [1.54, 1.807) is 18.7 Å². The van der Waals surface area contributed by atoms with Gasteiger partial charge in [0.05, 0.1) is 13.2 Å². The molecule has 1 rings (SSSR count). The summed E-state index contributed by atoms with van der Waals surface area (Å²) < 4.78 is 43.7. The van der Waals surface area contributed by atoms with Crippen LogP contribution in [0.2, 0.25) is 0 Å². The number of hydrogen-bond acceptors (Lipinski definition) is 4. The zero-order chi connectivity index (χ0) is 14.0. The first-order valence-electron chi connectivity index (χ1n) is 5.55. The fourth-order valence-corrected chi connectivity index (χ4v) is 1.88. The van der Waals surface area contributed by atoms with Crippen LogP contribution in [0.5, 0.6) is 0 Å². The third-order valence-corrected chi connectivity index (χ3v) is 3.09. The third-order valence-electron chi connectivity index (χ3n) is 3.09. The lowest BCUT2D eigenvalue weighted by atomic mass is 9.98. The van der Waals surface area contributed by atoms with Crippen LogP contribution in [0.3, 0.4) is 0 Å². The fourth-order valence-electron chi connectivity index (χ4n) is 1.88. The minimum Gasteiger partial charge on any atom is -0.409 e. The molecule has 0 amide bonds. The lowest BCUT2D eigenvalue weighted by Crippen LogP contribution is -2.57. The predicted molar refractivity (Wildman–Crippen MR) is 59.4 cm³/mol. The van der Waals surface area contributed by atoms with E-state index in [2.05, 4.69) is 5.16 Å². The van der Waals surface area contributed by atoms with Gasteiger partial charge in [0, 0.05) is 18.6 Å². The summed E-state index contributed by atoms with van der Waals surface area (Å²) in [7, 11) is 0. The van der Waals surface area contributed by atoms with Crippen molar-refractivity contribution < 1.29 is 23.1 Å². The van der Waals surface area contributed by atoms with Crippen molar-refractivity contribution in [2.24, 2.45) is 16.8 Å². The van der Waals surface area contributed by atoms with Gasteiger partial charge in [0.15, 0.2) is 5.84 Å². The maximum atomic E-state index is 12.8. The van der Waals surface area contributed by atoms with Gasteiger partial charge in [0.1, 0.15) is 5.92 Å². The highest BCUT2D eigenvalue weighted by atomic mass is 19.4. The average molecular weight is 269 g/mol. The zero-order valence-corrected chi connectivity index (χ0v) is 10.4. The molecule has 0 aliphatic carbocycles. The van der Waals surface area contributed by atoms with Crippen molar-refractivity contribution in [1.29, 1.82) is 0 Å². The molecule has 0 radical (unpaired) electrons. The smallest absolute Gasteiger partial charge is 0.400 e. The Kier molecular flexibility index (Phi) is 4.44. The van der Waals surface area contributed by atoms with Crippen molar-refractivity contribution in [3.8, 4) is 0 Å². The first-order chi connectivity index (χ1) is 8.18. The van der Waals surface area contributed by atoms with Crippen molar-refractivity contribution in [2.75, 3.05) is 26.3 Å². The molecule has 0 aromatic heterocycles. The molecule has 18 heavy (non-hydrogen) atoms. The van der Waals surface area contributed by atoms with Crippen molar-refractivity contribution in [1.82, 2.24) is 4.90 Å². The highest BCUT2D eigenvalue weighted by Crippen LogP contribution is 2.30. The lowest BCUT2D eigenvalue weighted by molar-refractivity contribution is -0.168. The van der Waals surface area contributed by atoms with Crippen molar-refractivity contribution >= 4 is 5.84 Å². The monoisotopic (exact) mass is 269 g/mol. The lowest BCUT2D eigenvalue weighted by Gasteiger charge is -2.43. The molecule has 5 nitrogen and oxygen atoms in total. The molecular weight excluding hydrogens is 251 g/mol. The van der Waals surface area contributed by atoms with Crippen molar-refractivity contribution in [3.05, 3.63) is 0 Å². The Morgan fingerprint density at radius 1 is 1.56 bits per heavy atom. The number of amidine groups is 1. The third kappa shape index (κ3) is 3.49. The van der Waals surface area contributed by atoms with Gasteiger partial charge in [-0.15, -0.1) is 0 Å². The highest BCUT2D eigenvalue weighted by molar-refractivity contribution is 5.83. The Morgan fingerprint density at radius 2 is 2.17 bits per heavy atom. The van der Waals surface area contributed by atoms with Gasteiger partial charge in [-0.25, -0.2) is 0 Å². The average Bonchev–Trinajstić information content (AvgIpc) is 2.24. The first-order valence-corrected chi connectivity index (χ1v) is 5.55. The van der Waals surface area contributed by atoms with Crippen molar-refractivity contribution in [3.63, 3.8) is 0 Å². The summed E-state index contributed by atoms with van der Waals surface area (Å²) in [4.78, 5) is 1.65. The summed E-state index contributed by atoms with van der Waals surface area (Å²) in [5.74, 6) is -2.79. The Morgan fingerprint density at radius 3 is 2.61 bits per heavy atom. The number of hydrogen-bond donors (Lipinski definition) is 2. The molecule has 0 saturated carbocycles. The molecular formula is C10H18F3N3O2. The first kappa shape index (κ1) is 15.0. The largest absolute Gasteiger partial charge is 0.409 e. The quantitative estimate of drug-likeness (QED) is 0.347. The van der Waals surface area contributed by atoms with Gasteiger partial charge in [-0.1, -0.05) is 5.16 Å². The van der Waals surface area contributed by atoms with Crippen molar-refractivity contribution in [2.45, 2.75) is 25.6 Å². The molecule has 0 aromatic rings. The summed E-state index contributed by atoms with van der Waals surface area (Å²) in [6.07, 6.45) is -4.54. The normalized spacial score (nSPS) is 23.9. The second-order valence-corrected chi connectivity index (χ2v) is 4.93. The topological polar surface area (TPSA) is 71.1 Å². The molecule has 1 aliphatic rings. The Hall–Kier alpha value is -1.02. The Bertz CT molecular complexity index is 318. The number of nitrogens with zero attached hydrogens (tertiary/aromatic N) is 2. The van der Waals surface area contributed by atoms with E-state index in [1.807, 2.05) is 0 Å². The van der Waals surface area contributed by atoms with E-state index in [4.69, 9.17) is 15.7 Å². The van der Waals surface area contributed by atoms with Gasteiger partial charge in [-0.05, 0) is 13.8 Å². The van der Waals surface area contributed by atoms with E-state index in [0.29, 0.717) is 19.8 Å². The number of morpholine rings is 1. The second-order valence-electron chi connectivity index (χ2n) is 4.93. The van der Waals surface area contributed by atoms with E-state index < -0.39 is 23.5 Å². The SMILES string of the molecule is CC1(C)COCCN1CC(C(N)=NO)C(F)(F)F. The van der Waals surface area contributed by atoms with Gasteiger partial charge in [0.25, 0.3) is 0 Å².